The maximum Gasteiger partial charge on any atom is 0.0642 e. The van der Waals surface area contributed by atoms with Gasteiger partial charge in [-0.15, -0.1) is 0 Å². The van der Waals surface area contributed by atoms with Crippen LogP contribution in [0.3, 0.4) is 0 Å². The molecule has 0 saturated heterocycles. The van der Waals surface area contributed by atoms with Gasteiger partial charge in [-0.2, -0.15) is 0 Å². The Labute approximate surface area is 113 Å². The molecule has 0 aromatic heterocycles. The highest BCUT2D eigenvalue weighted by molar-refractivity contribution is 6.33. The fourth-order valence-corrected chi connectivity index (χ4v) is 2.05. The zero-order valence-corrected chi connectivity index (χ0v) is 11.7. The first kappa shape index (κ1) is 15.2. The Hall–Kier alpha value is -0.810. The summed E-state index contributed by atoms with van der Waals surface area (Å²) in [7, 11) is 1.65. The molecular formula is C13H21ClN2O2. The molecule has 0 aliphatic heterocycles. The van der Waals surface area contributed by atoms with Gasteiger partial charge in [0.05, 0.1) is 23.9 Å². The van der Waals surface area contributed by atoms with Crippen molar-refractivity contribution in [1.29, 1.82) is 0 Å². The van der Waals surface area contributed by atoms with E-state index in [-0.39, 0.29) is 12.6 Å². The van der Waals surface area contributed by atoms with Gasteiger partial charge in [0.15, 0.2) is 0 Å². The van der Waals surface area contributed by atoms with E-state index in [1.165, 1.54) is 0 Å². The average Bonchev–Trinajstić information content (AvgIpc) is 2.34. The lowest BCUT2D eigenvalue weighted by Crippen LogP contribution is -2.30. The van der Waals surface area contributed by atoms with Crippen LogP contribution in [0.25, 0.3) is 0 Å². The number of aliphatic hydroxyl groups excluding tert-OH is 1. The molecule has 0 bridgehead atoms. The number of nitrogens with zero attached hydrogens (tertiary/aromatic N) is 1. The zero-order valence-electron chi connectivity index (χ0n) is 10.9. The summed E-state index contributed by atoms with van der Waals surface area (Å²) < 4.78 is 5.06. The molecule has 0 radical (unpaired) electrons. The Morgan fingerprint density at radius 2 is 2.17 bits per heavy atom. The topological polar surface area (TPSA) is 58.7 Å². The van der Waals surface area contributed by atoms with Gasteiger partial charge in [-0.05, 0) is 24.6 Å². The molecule has 0 unspecified atom stereocenters. The zero-order chi connectivity index (χ0) is 13.5. The smallest absolute Gasteiger partial charge is 0.0642 e. The first-order valence-electron chi connectivity index (χ1n) is 6.00. The van der Waals surface area contributed by atoms with Crippen molar-refractivity contribution >= 4 is 17.3 Å². The van der Waals surface area contributed by atoms with E-state index in [2.05, 4.69) is 0 Å². The van der Waals surface area contributed by atoms with E-state index in [1.807, 2.05) is 30.0 Å². The fraction of sp³-hybridized carbons (Fsp3) is 0.538. The number of hydrogen-bond donors (Lipinski definition) is 2. The van der Waals surface area contributed by atoms with Crippen molar-refractivity contribution in [2.75, 3.05) is 38.3 Å². The lowest BCUT2D eigenvalue weighted by Gasteiger charge is -2.25. The quantitative estimate of drug-likeness (QED) is 0.795. The summed E-state index contributed by atoms with van der Waals surface area (Å²) in [5, 5.41) is 9.73. The highest BCUT2D eigenvalue weighted by atomic mass is 35.5. The highest BCUT2D eigenvalue weighted by Gasteiger charge is 2.11. The Morgan fingerprint density at radius 1 is 1.44 bits per heavy atom. The molecule has 1 rings (SSSR count). The van der Waals surface area contributed by atoms with Crippen molar-refractivity contribution in [2.24, 2.45) is 5.73 Å². The molecule has 18 heavy (non-hydrogen) atoms. The van der Waals surface area contributed by atoms with Crippen molar-refractivity contribution in [1.82, 2.24) is 0 Å². The number of methoxy groups -OCH3 is 1. The summed E-state index contributed by atoms with van der Waals surface area (Å²) >= 11 is 6.26. The number of rotatable bonds is 7. The standard InChI is InChI=1S/C13H21ClN2O2/c1-10(15)11-3-4-13(12(14)9-11)16(5-7-17)6-8-18-2/h3-4,9-10,17H,5-8,15H2,1-2H3/t10-/m1/s1. The van der Waals surface area contributed by atoms with E-state index in [0.29, 0.717) is 24.7 Å². The largest absolute Gasteiger partial charge is 0.395 e. The SMILES string of the molecule is COCCN(CCO)c1ccc([C@@H](C)N)cc1Cl. The third kappa shape index (κ3) is 4.14. The molecule has 5 heteroatoms. The maximum absolute atomic E-state index is 9.09. The van der Waals surface area contributed by atoms with Crippen LogP contribution in [-0.2, 0) is 4.74 Å². The van der Waals surface area contributed by atoms with Crippen LogP contribution in [0.1, 0.15) is 18.5 Å². The van der Waals surface area contributed by atoms with Crippen molar-refractivity contribution < 1.29 is 9.84 Å². The molecule has 0 aliphatic carbocycles. The van der Waals surface area contributed by atoms with Crippen LogP contribution in [0.15, 0.2) is 18.2 Å². The fourth-order valence-electron chi connectivity index (χ4n) is 1.74. The van der Waals surface area contributed by atoms with Crippen LogP contribution < -0.4 is 10.6 Å². The number of nitrogens with two attached hydrogens (primary N) is 1. The van der Waals surface area contributed by atoms with Gasteiger partial charge >= 0.3 is 0 Å². The number of aliphatic hydroxyl groups is 1. The molecule has 1 aromatic rings. The number of ether oxygens (including phenoxy) is 1. The van der Waals surface area contributed by atoms with Gasteiger partial charge < -0.3 is 20.5 Å². The van der Waals surface area contributed by atoms with Gasteiger partial charge in [0.1, 0.15) is 0 Å². The molecular weight excluding hydrogens is 252 g/mol. The second kappa shape index (κ2) is 7.59. The third-order valence-corrected chi connectivity index (χ3v) is 3.08. The summed E-state index contributed by atoms with van der Waals surface area (Å²) in [5.41, 5.74) is 7.71. The average molecular weight is 273 g/mol. The normalized spacial score (nSPS) is 12.5. The van der Waals surface area contributed by atoms with E-state index in [1.54, 1.807) is 7.11 Å². The van der Waals surface area contributed by atoms with Crippen LogP contribution in [0.5, 0.6) is 0 Å². The lowest BCUT2D eigenvalue weighted by atomic mass is 10.1. The van der Waals surface area contributed by atoms with Gasteiger partial charge in [-0.25, -0.2) is 0 Å². The maximum atomic E-state index is 9.09. The summed E-state index contributed by atoms with van der Waals surface area (Å²) in [6.07, 6.45) is 0. The summed E-state index contributed by atoms with van der Waals surface area (Å²) in [6, 6.07) is 5.73. The van der Waals surface area contributed by atoms with E-state index in [4.69, 9.17) is 27.2 Å². The van der Waals surface area contributed by atoms with Crippen LogP contribution in [-0.4, -0.2) is 38.5 Å². The van der Waals surface area contributed by atoms with Crippen molar-refractivity contribution in [3.8, 4) is 0 Å². The monoisotopic (exact) mass is 272 g/mol. The molecule has 0 heterocycles. The Kier molecular flexibility index (Phi) is 6.43. The Bertz CT molecular complexity index is 372. The van der Waals surface area contributed by atoms with Crippen LogP contribution in [0.4, 0.5) is 5.69 Å². The van der Waals surface area contributed by atoms with E-state index >= 15 is 0 Å². The summed E-state index contributed by atoms with van der Waals surface area (Å²) in [4.78, 5) is 2.00. The van der Waals surface area contributed by atoms with Crippen molar-refractivity contribution in [3.63, 3.8) is 0 Å². The minimum atomic E-state index is -0.0400. The first-order valence-corrected chi connectivity index (χ1v) is 6.37. The number of anilines is 1. The Balaban J connectivity index is 2.90. The predicted octanol–water partition coefficient (Wildman–Crippen LogP) is 1.80. The van der Waals surface area contributed by atoms with Gasteiger partial charge in [0.25, 0.3) is 0 Å². The number of hydrogen-bond acceptors (Lipinski definition) is 4. The first-order chi connectivity index (χ1) is 8.60. The molecule has 0 amide bonds. The van der Waals surface area contributed by atoms with Crippen molar-refractivity contribution in [2.45, 2.75) is 13.0 Å². The number of halogens is 1. The molecule has 102 valence electrons. The third-order valence-electron chi connectivity index (χ3n) is 2.77. The van der Waals surface area contributed by atoms with Crippen LogP contribution in [0, 0.1) is 0 Å². The van der Waals surface area contributed by atoms with Crippen LogP contribution in [0.2, 0.25) is 5.02 Å². The molecule has 0 aliphatic rings. The van der Waals surface area contributed by atoms with Gasteiger partial charge in [0, 0.05) is 26.2 Å². The van der Waals surface area contributed by atoms with Crippen molar-refractivity contribution in [3.05, 3.63) is 28.8 Å². The molecule has 0 spiro atoms. The highest BCUT2D eigenvalue weighted by Crippen LogP contribution is 2.28. The van der Waals surface area contributed by atoms with E-state index < -0.39 is 0 Å². The second-order valence-corrected chi connectivity index (χ2v) is 4.61. The van der Waals surface area contributed by atoms with Gasteiger partial charge in [0.2, 0.25) is 0 Å². The Morgan fingerprint density at radius 3 is 2.67 bits per heavy atom. The van der Waals surface area contributed by atoms with Gasteiger partial charge in [-0.3, -0.25) is 0 Å². The predicted molar refractivity (Wildman–Crippen MR) is 75.2 cm³/mol. The number of benzene rings is 1. The van der Waals surface area contributed by atoms with E-state index in [9.17, 15) is 0 Å². The minimum Gasteiger partial charge on any atom is -0.395 e. The lowest BCUT2D eigenvalue weighted by molar-refractivity contribution is 0.203. The van der Waals surface area contributed by atoms with Crippen LogP contribution >= 0.6 is 11.6 Å². The molecule has 0 fully saturated rings. The van der Waals surface area contributed by atoms with E-state index in [0.717, 1.165) is 11.3 Å². The molecule has 3 N–H and O–H groups in total. The van der Waals surface area contributed by atoms with Gasteiger partial charge in [-0.1, -0.05) is 17.7 Å². The summed E-state index contributed by atoms with van der Waals surface area (Å²) in [5.74, 6) is 0. The molecule has 1 aromatic carbocycles. The molecule has 4 nitrogen and oxygen atoms in total. The minimum absolute atomic E-state index is 0.0400. The second-order valence-electron chi connectivity index (χ2n) is 4.20. The molecule has 1 atom stereocenters. The summed E-state index contributed by atoms with van der Waals surface area (Å²) in [6.45, 7) is 3.80. The molecule has 0 saturated carbocycles.